The molecule has 0 aliphatic heterocycles. The van der Waals surface area contributed by atoms with E-state index in [1.54, 1.807) is 18.8 Å². The number of H-pyrrole nitrogens is 1. The Morgan fingerprint density at radius 1 is 1.35 bits per heavy atom. The van der Waals surface area contributed by atoms with Crippen LogP contribution in [0.4, 0.5) is 0 Å². The maximum Gasteiger partial charge on any atom is 0.141 e. The van der Waals surface area contributed by atoms with E-state index in [1.807, 2.05) is 29.2 Å². The number of hydrogen-bond acceptors (Lipinski definition) is 6. The number of aromatic nitrogens is 6. The van der Waals surface area contributed by atoms with Gasteiger partial charge in [-0.25, -0.2) is 9.97 Å². The van der Waals surface area contributed by atoms with Gasteiger partial charge in [0.1, 0.15) is 18.2 Å². The van der Waals surface area contributed by atoms with Crippen molar-refractivity contribution < 1.29 is 4.52 Å². The molecule has 0 bridgehead atoms. The number of nitrogens with one attached hydrogen (secondary N) is 1. The lowest BCUT2D eigenvalue weighted by Gasteiger charge is -2.45. The molecule has 0 spiro atoms. The molecule has 5 rings (SSSR count). The fourth-order valence-electron chi connectivity index (χ4n) is 3.87. The smallest absolute Gasteiger partial charge is 0.141 e. The summed E-state index contributed by atoms with van der Waals surface area (Å²) in [6.45, 7) is 0. The summed E-state index contributed by atoms with van der Waals surface area (Å²) < 4.78 is 6.87. The highest BCUT2D eigenvalue weighted by molar-refractivity contribution is 5.89. The van der Waals surface area contributed by atoms with Gasteiger partial charge in [0.05, 0.1) is 35.6 Å². The first-order valence-electron chi connectivity index (χ1n) is 8.40. The predicted molar refractivity (Wildman–Crippen MR) is 91.8 cm³/mol. The Balaban J connectivity index is 1.49. The van der Waals surface area contributed by atoms with E-state index in [4.69, 9.17) is 4.52 Å². The van der Waals surface area contributed by atoms with Crippen LogP contribution in [-0.4, -0.2) is 29.9 Å². The Hall–Kier alpha value is -3.47. The van der Waals surface area contributed by atoms with E-state index in [0.29, 0.717) is 12.3 Å². The van der Waals surface area contributed by atoms with Gasteiger partial charge < -0.3 is 9.51 Å². The molecule has 8 nitrogen and oxygen atoms in total. The molecule has 0 unspecified atom stereocenters. The van der Waals surface area contributed by atoms with E-state index in [2.05, 4.69) is 31.3 Å². The predicted octanol–water partition coefficient (Wildman–Crippen LogP) is 3.00. The van der Waals surface area contributed by atoms with E-state index < -0.39 is 0 Å². The molecule has 0 atom stereocenters. The van der Waals surface area contributed by atoms with Crippen molar-refractivity contribution in [2.75, 3.05) is 0 Å². The molecule has 0 saturated heterocycles. The molecule has 0 radical (unpaired) electrons. The van der Waals surface area contributed by atoms with Crippen molar-refractivity contribution in [3.05, 3.63) is 49.0 Å². The zero-order valence-electron chi connectivity index (χ0n) is 13.8. The molecule has 128 valence electrons. The summed E-state index contributed by atoms with van der Waals surface area (Å²) in [5.41, 5.74) is 3.18. The third-order valence-corrected chi connectivity index (χ3v) is 5.23. The molecule has 1 aliphatic rings. The maximum atomic E-state index is 9.33. The second kappa shape index (κ2) is 5.52. The van der Waals surface area contributed by atoms with Crippen molar-refractivity contribution in [2.45, 2.75) is 30.7 Å². The summed E-state index contributed by atoms with van der Waals surface area (Å²) in [5.74, 6) is 0.296. The van der Waals surface area contributed by atoms with Gasteiger partial charge in [0.25, 0.3) is 0 Å². The lowest BCUT2D eigenvalue weighted by atomic mass is 9.65. The minimum atomic E-state index is -0.305. The molecular weight excluding hydrogens is 330 g/mol. The Morgan fingerprint density at radius 3 is 3.08 bits per heavy atom. The summed E-state index contributed by atoms with van der Waals surface area (Å²) in [6, 6.07) is 6.16. The number of fused-ring (bicyclic) bond motifs is 1. The van der Waals surface area contributed by atoms with Crippen LogP contribution in [0.15, 0.2) is 47.8 Å². The van der Waals surface area contributed by atoms with Crippen molar-refractivity contribution in [1.82, 2.24) is 29.9 Å². The summed E-state index contributed by atoms with van der Waals surface area (Å²) >= 11 is 0. The van der Waals surface area contributed by atoms with Crippen LogP contribution in [0.25, 0.3) is 22.3 Å². The Bertz CT molecular complexity index is 1100. The quantitative estimate of drug-likeness (QED) is 0.609. The number of aromatic amines is 1. The van der Waals surface area contributed by atoms with E-state index in [1.165, 1.54) is 0 Å². The van der Waals surface area contributed by atoms with Crippen LogP contribution in [-0.2, 0) is 5.54 Å². The highest BCUT2D eigenvalue weighted by Crippen LogP contribution is 2.51. The van der Waals surface area contributed by atoms with Crippen molar-refractivity contribution in [3.63, 3.8) is 0 Å². The van der Waals surface area contributed by atoms with Gasteiger partial charge in [-0.3, -0.25) is 4.68 Å². The van der Waals surface area contributed by atoms with Crippen LogP contribution >= 0.6 is 0 Å². The fraction of sp³-hybridized carbons (Fsp3) is 0.278. The zero-order chi connectivity index (χ0) is 17.6. The van der Waals surface area contributed by atoms with Crippen molar-refractivity contribution >= 4 is 11.0 Å². The van der Waals surface area contributed by atoms with E-state index in [9.17, 15) is 5.26 Å². The van der Waals surface area contributed by atoms with Gasteiger partial charge in [0, 0.05) is 35.3 Å². The van der Waals surface area contributed by atoms with Crippen molar-refractivity contribution in [3.8, 4) is 17.3 Å². The molecule has 8 heteroatoms. The van der Waals surface area contributed by atoms with Gasteiger partial charge in [0.15, 0.2) is 0 Å². The second-order valence-electron chi connectivity index (χ2n) is 6.72. The van der Waals surface area contributed by atoms with Gasteiger partial charge in [-0.2, -0.15) is 10.4 Å². The Kier molecular flexibility index (Phi) is 3.15. The maximum absolute atomic E-state index is 9.33. The Labute approximate surface area is 148 Å². The highest BCUT2D eigenvalue weighted by atomic mass is 16.5. The van der Waals surface area contributed by atoms with E-state index in [-0.39, 0.29) is 5.54 Å². The standard InChI is InChI=1S/C18H15N7O/c19-4-3-18(7-12(8-18)15-2-6-26-24-15)25-10-13(9-23-25)16-14-1-5-20-17(14)22-11-21-16/h1-2,5-6,9-12H,3,7-8H2,(H,20,21,22). The molecule has 1 aliphatic carbocycles. The molecule has 1 saturated carbocycles. The normalized spacial score (nSPS) is 22.2. The van der Waals surface area contributed by atoms with Gasteiger partial charge in [0.2, 0.25) is 0 Å². The van der Waals surface area contributed by atoms with E-state index in [0.717, 1.165) is 40.8 Å². The largest absolute Gasteiger partial charge is 0.365 e. The highest BCUT2D eigenvalue weighted by Gasteiger charge is 2.48. The summed E-state index contributed by atoms with van der Waals surface area (Å²) in [5, 5.41) is 18.9. The monoisotopic (exact) mass is 345 g/mol. The van der Waals surface area contributed by atoms with Crippen LogP contribution < -0.4 is 0 Å². The Morgan fingerprint density at radius 2 is 2.27 bits per heavy atom. The molecule has 0 amide bonds. The molecule has 1 fully saturated rings. The molecule has 0 aromatic carbocycles. The van der Waals surface area contributed by atoms with Gasteiger partial charge in [-0.05, 0) is 18.9 Å². The third kappa shape index (κ3) is 2.14. The van der Waals surface area contributed by atoms with Crippen LogP contribution in [0, 0.1) is 11.3 Å². The van der Waals surface area contributed by atoms with Gasteiger partial charge >= 0.3 is 0 Å². The average molecular weight is 345 g/mol. The average Bonchev–Trinajstić information content (AvgIpc) is 3.38. The molecular formula is C18H15N7O. The number of hydrogen-bond donors (Lipinski definition) is 1. The molecule has 26 heavy (non-hydrogen) atoms. The zero-order valence-corrected chi connectivity index (χ0v) is 13.8. The van der Waals surface area contributed by atoms with Crippen LogP contribution in [0.3, 0.4) is 0 Å². The van der Waals surface area contributed by atoms with E-state index >= 15 is 0 Å². The summed E-state index contributed by atoms with van der Waals surface area (Å²) in [7, 11) is 0. The number of rotatable bonds is 4. The van der Waals surface area contributed by atoms with Crippen LogP contribution in [0.1, 0.15) is 30.9 Å². The lowest BCUT2D eigenvalue weighted by molar-refractivity contribution is 0.0964. The van der Waals surface area contributed by atoms with Crippen molar-refractivity contribution in [2.24, 2.45) is 0 Å². The van der Waals surface area contributed by atoms with Gasteiger partial charge in [-0.1, -0.05) is 5.16 Å². The third-order valence-electron chi connectivity index (χ3n) is 5.23. The first-order chi connectivity index (χ1) is 12.8. The molecule has 4 aromatic heterocycles. The first kappa shape index (κ1) is 14.8. The SMILES string of the molecule is N#CCC1(n2cc(-c3ncnc4[nH]ccc34)cn2)CC(c2ccon2)C1. The van der Waals surface area contributed by atoms with Crippen LogP contribution in [0.5, 0.6) is 0 Å². The first-order valence-corrected chi connectivity index (χ1v) is 8.40. The number of nitriles is 1. The van der Waals surface area contributed by atoms with Crippen molar-refractivity contribution in [1.29, 1.82) is 5.26 Å². The molecule has 4 aromatic rings. The summed E-state index contributed by atoms with van der Waals surface area (Å²) in [4.78, 5) is 11.7. The summed E-state index contributed by atoms with van der Waals surface area (Å²) in [6.07, 6.45) is 10.8. The molecule has 4 heterocycles. The van der Waals surface area contributed by atoms with Crippen LogP contribution in [0.2, 0.25) is 0 Å². The molecule has 1 N–H and O–H groups in total. The van der Waals surface area contributed by atoms with Gasteiger partial charge in [-0.15, -0.1) is 0 Å². The minimum Gasteiger partial charge on any atom is -0.365 e. The number of nitrogens with zero attached hydrogens (tertiary/aromatic N) is 6. The fourth-order valence-corrected chi connectivity index (χ4v) is 3.87. The minimum absolute atomic E-state index is 0.296. The lowest BCUT2D eigenvalue weighted by Crippen LogP contribution is -2.45. The topological polar surface area (TPSA) is 109 Å². The second-order valence-corrected chi connectivity index (χ2v) is 6.72.